The molecule has 1 amide bonds. The molecular weight excluding hydrogens is 290 g/mol. The highest BCUT2D eigenvalue weighted by Crippen LogP contribution is 2.30. The van der Waals surface area contributed by atoms with Gasteiger partial charge in [-0.15, -0.1) is 0 Å². The zero-order valence-electron chi connectivity index (χ0n) is 13.6. The van der Waals surface area contributed by atoms with Crippen LogP contribution in [0.2, 0.25) is 0 Å². The predicted octanol–water partition coefficient (Wildman–Crippen LogP) is 2.51. The summed E-state index contributed by atoms with van der Waals surface area (Å²) in [5, 5.41) is 19.9. The molecule has 122 valence electrons. The number of nitrogens with one attached hydrogen (secondary N) is 2. The van der Waals surface area contributed by atoms with Crippen molar-refractivity contribution in [1.29, 1.82) is 0 Å². The summed E-state index contributed by atoms with van der Waals surface area (Å²) in [7, 11) is 0. The van der Waals surface area contributed by atoms with Crippen molar-refractivity contribution in [2.24, 2.45) is 0 Å². The number of carbonyl (C=O) groups excluding carboxylic acids is 1. The molecule has 5 heteroatoms. The van der Waals surface area contributed by atoms with Crippen LogP contribution in [0.3, 0.4) is 0 Å². The van der Waals surface area contributed by atoms with Crippen LogP contribution in [0.1, 0.15) is 46.7 Å². The number of hydrogen-bond donors (Lipinski definition) is 3. The Morgan fingerprint density at radius 3 is 2.87 bits per heavy atom. The molecule has 0 saturated carbocycles. The van der Waals surface area contributed by atoms with Crippen molar-refractivity contribution >= 4 is 5.91 Å². The van der Waals surface area contributed by atoms with Crippen molar-refractivity contribution in [2.75, 3.05) is 6.54 Å². The number of benzene rings is 1. The van der Waals surface area contributed by atoms with Crippen molar-refractivity contribution in [1.82, 2.24) is 15.5 Å². The number of phenolic OH excluding ortho intramolecular Hbond substituents is 1. The third kappa shape index (κ3) is 3.23. The third-order valence-electron chi connectivity index (χ3n) is 4.63. The lowest BCUT2D eigenvalue weighted by molar-refractivity contribution is -0.122. The van der Waals surface area contributed by atoms with Gasteiger partial charge in [0.1, 0.15) is 5.75 Å². The van der Waals surface area contributed by atoms with Gasteiger partial charge in [-0.3, -0.25) is 9.89 Å². The van der Waals surface area contributed by atoms with E-state index < -0.39 is 0 Å². The fourth-order valence-corrected chi connectivity index (χ4v) is 3.38. The van der Waals surface area contributed by atoms with Crippen molar-refractivity contribution < 1.29 is 9.90 Å². The van der Waals surface area contributed by atoms with E-state index in [0.29, 0.717) is 12.3 Å². The first-order valence-electron chi connectivity index (χ1n) is 8.15. The average molecular weight is 313 g/mol. The van der Waals surface area contributed by atoms with Gasteiger partial charge in [0.15, 0.2) is 0 Å². The number of H-pyrrole nitrogens is 1. The maximum Gasteiger partial charge on any atom is 0.227 e. The first-order valence-corrected chi connectivity index (χ1v) is 8.15. The second-order valence-corrected chi connectivity index (χ2v) is 6.37. The molecule has 1 aliphatic carbocycles. The van der Waals surface area contributed by atoms with E-state index in [1.807, 2.05) is 26.0 Å². The fourth-order valence-electron chi connectivity index (χ4n) is 3.38. The summed E-state index contributed by atoms with van der Waals surface area (Å²) in [5.74, 6) is 0.354. The van der Waals surface area contributed by atoms with Gasteiger partial charge < -0.3 is 10.4 Å². The maximum absolute atomic E-state index is 12.4. The van der Waals surface area contributed by atoms with Crippen molar-refractivity contribution in [3.8, 4) is 5.75 Å². The molecule has 3 rings (SSSR count). The van der Waals surface area contributed by atoms with E-state index in [9.17, 15) is 9.90 Å². The van der Waals surface area contributed by atoms with Crippen LogP contribution in [0.25, 0.3) is 0 Å². The van der Waals surface area contributed by atoms with Gasteiger partial charge in [-0.1, -0.05) is 12.1 Å². The number of amides is 1. The number of fused-ring (bicyclic) bond motifs is 1. The van der Waals surface area contributed by atoms with E-state index in [4.69, 9.17) is 0 Å². The average Bonchev–Trinajstić information content (AvgIpc) is 3.00. The number of aromatic amines is 1. The molecule has 0 spiro atoms. The Balaban J connectivity index is 1.59. The van der Waals surface area contributed by atoms with Gasteiger partial charge in [-0.2, -0.15) is 5.10 Å². The maximum atomic E-state index is 12.4. The fraction of sp³-hybridized carbons (Fsp3) is 0.444. The van der Waals surface area contributed by atoms with E-state index in [0.717, 1.165) is 53.6 Å². The van der Waals surface area contributed by atoms with Crippen molar-refractivity contribution in [3.05, 3.63) is 46.3 Å². The Morgan fingerprint density at radius 1 is 1.39 bits per heavy atom. The topological polar surface area (TPSA) is 78.0 Å². The van der Waals surface area contributed by atoms with E-state index in [2.05, 4.69) is 15.5 Å². The molecule has 5 nitrogen and oxygen atoms in total. The third-order valence-corrected chi connectivity index (χ3v) is 4.63. The zero-order chi connectivity index (χ0) is 16.4. The summed E-state index contributed by atoms with van der Waals surface area (Å²) in [5.41, 5.74) is 5.03. The highest BCUT2D eigenvalue weighted by Gasteiger charge is 2.27. The summed E-state index contributed by atoms with van der Waals surface area (Å²) in [6.45, 7) is 4.39. The Hall–Kier alpha value is -2.30. The zero-order valence-corrected chi connectivity index (χ0v) is 13.6. The molecule has 1 heterocycles. The largest absolute Gasteiger partial charge is 0.507 e. The lowest BCUT2D eigenvalue weighted by Crippen LogP contribution is -2.32. The molecule has 1 atom stereocenters. The smallest absolute Gasteiger partial charge is 0.227 e. The number of rotatable bonds is 4. The van der Waals surface area contributed by atoms with Gasteiger partial charge in [0.2, 0.25) is 5.91 Å². The molecule has 23 heavy (non-hydrogen) atoms. The predicted molar refractivity (Wildman–Crippen MR) is 88.6 cm³/mol. The molecule has 0 bridgehead atoms. The molecule has 0 aliphatic heterocycles. The number of carbonyl (C=O) groups is 1. The normalized spacial score (nSPS) is 16.9. The number of aromatic nitrogens is 2. The molecule has 1 aliphatic rings. The van der Waals surface area contributed by atoms with Gasteiger partial charge in [-0.05, 0) is 56.2 Å². The lowest BCUT2D eigenvalue weighted by Gasteiger charge is -2.21. The van der Waals surface area contributed by atoms with E-state index in [-0.39, 0.29) is 11.8 Å². The van der Waals surface area contributed by atoms with E-state index in [1.165, 1.54) is 0 Å². The molecule has 2 aromatic rings. The summed E-state index contributed by atoms with van der Waals surface area (Å²) in [6.07, 6.45) is 5.43. The van der Waals surface area contributed by atoms with E-state index in [1.54, 1.807) is 6.20 Å². The summed E-state index contributed by atoms with van der Waals surface area (Å²) in [4.78, 5) is 12.4. The highest BCUT2D eigenvalue weighted by molar-refractivity contribution is 5.84. The standard InChI is InChI=1S/C18H23N3O2/c1-11-8-13(9-12(2)17(11)22)6-7-19-18(23)14-4-3-5-16-15(14)10-20-21-16/h8-10,14,22H,3-7H2,1-2H3,(H,19,23)(H,20,21). The quantitative estimate of drug-likeness (QED) is 0.811. The van der Waals surface area contributed by atoms with Gasteiger partial charge in [-0.25, -0.2) is 0 Å². The number of aromatic hydroxyl groups is 1. The monoisotopic (exact) mass is 313 g/mol. The lowest BCUT2D eigenvalue weighted by atomic mass is 9.86. The molecule has 3 N–H and O–H groups in total. The Kier molecular flexibility index (Phi) is 4.37. The molecule has 1 unspecified atom stereocenters. The Morgan fingerprint density at radius 2 is 2.13 bits per heavy atom. The van der Waals surface area contributed by atoms with E-state index >= 15 is 0 Å². The molecule has 0 fully saturated rings. The summed E-state index contributed by atoms with van der Waals surface area (Å²) >= 11 is 0. The first kappa shape index (κ1) is 15.6. The molecular formula is C18H23N3O2. The van der Waals surface area contributed by atoms with Crippen molar-refractivity contribution in [2.45, 2.75) is 45.4 Å². The number of aryl methyl sites for hydroxylation is 3. The van der Waals surface area contributed by atoms with Gasteiger partial charge >= 0.3 is 0 Å². The van der Waals surface area contributed by atoms with Crippen LogP contribution in [0.15, 0.2) is 18.3 Å². The summed E-state index contributed by atoms with van der Waals surface area (Å²) < 4.78 is 0. The number of hydrogen-bond acceptors (Lipinski definition) is 3. The molecule has 0 saturated heterocycles. The van der Waals surface area contributed by atoms with Crippen LogP contribution in [0.4, 0.5) is 0 Å². The highest BCUT2D eigenvalue weighted by atomic mass is 16.3. The second kappa shape index (κ2) is 6.44. The van der Waals surface area contributed by atoms with Gasteiger partial charge in [0.25, 0.3) is 0 Å². The van der Waals surface area contributed by atoms with Crippen LogP contribution in [-0.4, -0.2) is 27.8 Å². The van der Waals surface area contributed by atoms with Crippen LogP contribution in [0.5, 0.6) is 5.75 Å². The number of nitrogens with zero attached hydrogens (tertiary/aromatic N) is 1. The van der Waals surface area contributed by atoms with Crippen LogP contribution in [0, 0.1) is 13.8 Å². The second-order valence-electron chi connectivity index (χ2n) is 6.37. The molecule has 1 aromatic heterocycles. The van der Waals surface area contributed by atoms with Gasteiger partial charge in [0, 0.05) is 17.8 Å². The van der Waals surface area contributed by atoms with Crippen molar-refractivity contribution in [3.63, 3.8) is 0 Å². The SMILES string of the molecule is Cc1cc(CCNC(=O)C2CCCc3[nH]ncc32)cc(C)c1O. The minimum absolute atomic E-state index is 0.0826. The van der Waals surface area contributed by atoms with Crippen LogP contribution in [-0.2, 0) is 17.6 Å². The van der Waals surface area contributed by atoms with Crippen LogP contribution < -0.4 is 5.32 Å². The first-order chi connectivity index (χ1) is 11.1. The molecule has 0 radical (unpaired) electrons. The minimum Gasteiger partial charge on any atom is -0.507 e. The van der Waals surface area contributed by atoms with Crippen LogP contribution >= 0.6 is 0 Å². The minimum atomic E-state index is -0.0826. The number of phenols is 1. The molecule has 1 aromatic carbocycles. The summed E-state index contributed by atoms with van der Waals surface area (Å²) in [6, 6.07) is 3.95. The van der Waals surface area contributed by atoms with Gasteiger partial charge in [0.05, 0.1) is 12.1 Å². The Bertz CT molecular complexity index is 698. The Labute approximate surface area is 136 Å².